The fraction of sp³-hybridized carbons (Fsp3) is 0.618. The topological polar surface area (TPSA) is 50.9 Å². The smallest absolute Gasteiger partial charge is 0.233 e. The second kappa shape index (κ2) is 15.4. The van der Waals surface area contributed by atoms with E-state index in [1.807, 2.05) is 18.2 Å². The van der Waals surface area contributed by atoms with Crippen molar-refractivity contribution in [3.8, 4) is 11.1 Å². The number of halogens is 2. The molecule has 0 atom stereocenters. The lowest BCUT2D eigenvalue weighted by Gasteiger charge is -2.40. The van der Waals surface area contributed by atoms with Gasteiger partial charge in [0.1, 0.15) is 0 Å². The molecule has 1 amide bonds. The average molecular weight is 615 g/mol. The van der Waals surface area contributed by atoms with E-state index in [-0.39, 0.29) is 5.91 Å². The molecule has 0 aromatic heterocycles. The summed E-state index contributed by atoms with van der Waals surface area (Å²) >= 11 is 12.8. The van der Waals surface area contributed by atoms with Crippen LogP contribution in [0.4, 0.5) is 0 Å². The van der Waals surface area contributed by atoms with Gasteiger partial charge in [0.15, 0.2) is 0 Å². The highest BCUT2D eigenvalue weighted by molar-refractivity contribution is 6.35. The van der Waals surface area contributed by atoms with Crippen molar-refractivity contribution in [2.45, 2.75) is 51.6 Å². The van der Waals surface area contributed by atoms with Crippen molar-refractivity contribution in [2.75, 3.05) is 66.5 Å². The number of hydrogen-bond donors (Lipinski definition) is 2. The summed E-state index contributed by atoms with van der Waals surface area (Å²) in [6.45, 7) is 10.4. The molecule has 2 aromatic carbocycles. The van der Waals surface area contributed by atoms with Crippen molar-refractivity contribution < 1.29 is 4.79 Å². The van der Waals surface area contributed by atoms with Gasteiger partial charge < -0.3 is 10.6 Å². The molecule has 3 aliphatic heterocycles. The zero-order valence-electron chi connectivity index (χ0n) is 25.5. The summed E-state index contributed by atoms with van der Waals surface area (Å²) in [5.74, 6) is 2.53. The number of rotatable bonds is 10. The van der Waals surface area contributed by atoms with Crippen LogP contribution in [0.3, 0.4) is 0 Å². The van der Waals surface area contributed by atoms with Gasteiger partial charge in [0.05, 0.1) is 6.54 Å². The third-order valence-electron chi connectivity index (χ3n) is 9.84. The summed E-state index contributed by atoms with van der Waals surface area (Å²) in [4.78, 5) is 19.3. The molecule has 0 unspecified atom stereocenters. The number of nitrogens with one attached hydrogen (secondary N) is 2. The number of carbonyl (C=O) groups excluding carboxylic acids is 1. The highest BCUT2D eigenvalue weighted by Crippen LogP contribution is 2.34. The van der Waals surface area contributed by atoms with E-state index in [4.69, 9.17) is 23.2 Å². The first kappa shape index (κ1) is 31.7. The first-order valence-corrected chi connectivity index (χ1v) is 16.8. The van der Waals surface area contributed by atoms with Gasteiger partial charge in [-0.25, -0.2) is 0 Å². The van der Waals surface area contributed by atoms with E-state index in [0.29, 0.717) is 16.6 Å². The molecule has 0 aliphatic carbocycles. The quantitative estimate of drug-likeness (QED) is 0.357. The Bertz CT molecular complexity index is 1150. The molecule has 42 heavy (non-hydrogen) atoms. The van der Waals surface area contributed by atoms with Gasteiger partial charge in [-0.3, -0.25) is 19.5 Å². The Morgan fingerprint density at radius 2 is 1.17 bits per heavy atom. The molecule has 230 valence electrons. The first-order valence-electron chi connectivity index (χ1n) is 16.0. The predicted octanol–water partition coefficient (Wildman–Crippen LogP) is 5.76. The molecule has 3 aliphatic rings. The van der Waals surface area contributed by atoms with Crippen LogP contribution in [0.2, 0.25) is 10.0 Å². The molecule has 8 heteroatoms. The fourth-order valence-corrected chi connectivity index (χ4v) is 7.96. The van der Waals surface area contributed by atoms with Crippen LogP contribution in [0, 0.1) is 17.8 Å². The normalized spacial score (nSPS) is 20.7. The molecular weight excluding hydrogens is 565 g/mol. The highest BCUT2D eigenvalue weighted by Gasteiger charge is 2.30. The molecule has 0 radical (unpaired) electrons. The molecule has 5 rings (SSSR count). The van der Waals surface area contributed by atoms with Gasteiger partial charge in [0.25, 0.3) is 0 Å². The number of likely N-dealkylation sites (N-methyl/N-ethyl adjacent to an activating group) is 1. The Balaban J connectivity index is 1.21. The fourth-order valence-electron chi connectivity index (χ4n) is 7.43. The standard InChI is InChI=1S/C34H49Cl2N5O/c1-37-21-25-3-9-39(10-4-25)22-26-15-27(17-30(16-26)31-18-32(35)20-33(36)19-31)23-40-11-5-28(6-12-40)29-7-13-41(14-8-29)24-34(42)38-2/h15-20,25,28-29,37H,3-14,21-24H2,1-2H3,(H,38,42). The first-order chi connectivity index (χ1) is 20.4. The van der Waals surface area contributed by atoms with E-state index >= 15 is 0 Å². The molecule has 0 spiro atoms. The summed E-state index contributed by atoms with van der Waals surface area (Å²) in [7, 11) is 3.78. The van der Waals surface area contributed by atoms with Gasteiger partial charge in [-0.1, -0.05) is 29.3 Å². The van der Waals surface area contributed by atoms with Gasteiger partial charge in [-0.05, 0) is 162 Å². The van der Waals surface area contributed by atoms with Crippen molar-refractivity contribution in [3.63, 3.8) is 0 Å². The predicted molar refractivity (Wildman–Crippen MR) is 175 cm³/mol. The number of piperidine rings is 3. The maximum Gasteiger partial charge on any atom is 0.233 e. The molecule has 6 nitrogen and oxygen atoms in total. The molecule has 3 heterocycles. The average Bonchev–Trinajstić information content (AvgIpc) is 2.98. The number of carbonyl (C=O) groups is 1. The Kier molecular flexibility index (Phi) is 11.6. The lowest BCUT2D eigenvalue weighted by Crippen LogP contribution is -2.43. The van der Waals surface area contributed by atoms with Gasteiger partial charge >= 0.3 is 0 Å². The molecule has 3 fully saturated rings. The maximum absolute atomic E-state index is 11.8. The van der Waals surface area contributed by atoms with Crippen LogP contribution >= 0.6 is 23.2 Å². The lowest BCUT2D eigenvalue weighted by atomic mass is 9.78. The van der Waals surface area contributed by atoms with Gasteiger partial charge in [-0.2, -0.15) is 0 Å². The minimum absolute atomic E-state index is 0.126. The van der Waals surface area contributed by atoms with E-state index in [0.717, 1.165) is 82.2 Å². The van der Waals surface area contributed by atoms with Crippen molar-refractivity contribution >= 4 is 29.1 Å². The summed E-state index contributed by atoms with van der Waals surface area (Å²) in [6, 6.07) is 13.0. The largest absolute Gasteiger partial charge is 0.358 e. The van der Waals surface area contributed by atoms with Crippen molar-refractivity contribution in [2.24, 2.45) is 17.8 Å². The van der Waals surface area contributed by atoms with E-state index < -0.39 is 0 Å². The number of nitrogens with zero attached hydrogens (tertiary/aromatic N) is 3. The summed E-state index contributed by atoms with van der Waals surface area (Å²) in [6.07, 6.45) is 7.53. The third-order valence-corrected chi connectivity index (χ3v) is 10.3. The van der Waals surface area contributed by atoms with E-state index in [1.165, 1.54) is 55.2 Å². The van der Waals surface area contributed by atoms with Gasteiger partial charge in [-0.15, -0.1) is 0 Å². The molecule has 2 N–H and O–H groups in total. The van der Waals surface area contributed by atoms with E-state index in [2.05, 4.69) is 50.6 Å². The van der Waals surface area contributed by atoms with Crippen LogP contribution in [0.25, 0.3) is 11.1 Å². The number of hydrogen-bond acceptors (Lipinski definition) is 5. The Morgan fingerprint density at radius 3 is 1.67 bits per heavy atom. The van der Waals surface area contributed by atoms with E-state index in [9.17, 15) is 4.79 Å². The zero-order chi connectivity index (χ0) is 29.5. The second-order valence-corrected chi connectivity index (χ2v) is 13.7. The molecule has 2 aromatic rings. The minimum Gasteiger partial charge on any atom is -0.358 e. The van der Waals surface area contributed by atoms with Crippen LogP contribution in [-0.4, -0.2) is 87.1 Å². The van der Waals surface area contributed by atoms with Crippen LogP contribution in [0.1, 0.15) is 49.7 Å². The SMILES string of the molecule is CNCC1CCN(Cc2cc(CN3CCC(C4CCN(CC(=O)NC)CC4)CC3)cc(-c3cc(Cl)cc(Cl)c3)c2)CC1. The van der Waals surface area contributed by atoms with Crippen molar-refractivity contribution in [1.29, 1.82) is 0 Å². The van der Waals surface area contributed by atoms with Crippen molar-refractivity contribution in [1.82, 2.24) is 25.3 Å². The van der Waals surface area contributed by atoms with Crippen molar-refractivity contribution in [3.05, 3.63) is 57.6 Å². The van der Waals surface area contributed by atoms with Crippen LogP contribution in [0.5, 0.6) is 0 Å². The number of likely N-dealkylation sites (tertiary alicyclic amines) is 3. The highest BCUT2D eigenvalue weighted by atomic mass is 35.5. The molecule has 0 bridgehead atoms. The third kappa shape index (κ3) is 8.93. The molecule has 3 saturated heterocycles. The minimum atomic E-state index is 0.126. The Labute approximate surface area is 263 Å². The van der Waals surface area contributed by atoms with Gasteiger partial charge in [0.2, 0.25) is 5.91 Å². The zero-order valence-corrected chi connectivity index (χ0v) is 27.0. The van der Waals surface area contributed by atoms with E-state index in [1.54, 1.807) is 7.05 Å². The summed E-state index contributed by atoms with van der Waals surface area (Å²) < 4.78 is 0. The van der Waals surface area contributed by atoms with Crippen LogP contribution in [0.15, 0.2) is 36.4 Å². The summed E-state index contributed by atoms with van der Waals surface area (Å²) in [5.41, 5.74) is 5.05. The molecular formula is C34H49Cl2N5O. The Morgan fingerprint density at radius 1 is 0.690 bits per heavy atom. The van der Waals surface area contributed by atoms with Gasteiger partial charge in [0, 0.05) is 30.2 Å². The van der Waals surface area contributed by atoms with Crippen LogP contribution < -0.4 is 10.6 Å². The molecule has 0 saturated carbocycles. The maximum atomic E-state index is 11.8. The van der Waals surface area contributed by atoms with Crippen LogP contribution in [-0.2, 0) is 17.9 Å². The Hall–Kier alpha value is -1.67. The summed E-state index contributed by atoms with van der Waals surface area (Å²) in [5, 5.41) is 7.47. The lowest BCUT2D eigenvalue weighted by molar-refractivity contribution is -0.122. The monoisotopic (exact) mass is 613 g/mol. The number of amides is 1. The second-order valence-electron chi connectivity index (χ2n) is 12.9. The number of benzene rings is 2.